The molecule has 9 rings (SSSR count). The molecule has 0 N–H and O–H groups in total. The van der Waals surface area contributed by atoms with Gasteiger partial charge in [-0.2, -0.15) is 0 Å². The van der Waals surface area contributed by atoms with Crippen molar-refractivity contribution in [2.24, 2.45) is 4.99 Å². The fourth-order valence-electron chi connectivity index (χ4n) is 11.0. The average molecular weight is 1030 g/mol. The van der Waals surface area contributed by atoms with Crippen molar-refractivity contribution in [3.8, 4) is 17.2 Å². The second-order valence-corrected chi connectivity index (χ2v) is 20.1. The number of Topliss-reactive ketones (excluding diaryl/α,β-unsaturated/α-hetero) is 1. The number of amides is 2. The van der Waals surface area contributed by atoms with E-state index in [1.807, 2.05) is 102 Å². The number of ketones is 1. The highest BCUT2D eigenvalue weighted by Gasteiger charge is 2.38. The van der Waals surface area contributed by atoms with E-state index >= 15 is 0 Å². The van der Waals surface area contributed by atoms with Crippen LogP contribution in [0.1, 0.15) is 106 Å². The van der Waals surface area contributed by atoms with Crippen LogP contribution in [-0.4, -0.2) is 121 Å². The third-order valence-electron chi connectivity index (χ3n) is 14.9. The summed E-state index contributed by atoms with van der Waals surface area (Å²) in [7, 11) is 5.20. The van der Waals surface area contributed by atoms with Crippen LogP contribution in [-0.2, 0) is 51.5 Å². The van der Waals surface area contributed by atoms with Crippen molar-refractivity contribution in [3.05, 3.63) is 136 Å². The number of aryl methyl sites for hydroxylation is 2. The van der Waals surface area contributed by atoms with Gasteiger partial charge in [-0.25, -0.2) is 0 Å². The molecule has 14 nitrogen and oxygen atoms in total. The molecule has 0 radical (unpaired) electrons. The molecule has 5 aromatic rings. The molecule has 0 spiro atoms. The second-order valence-electron chi connectivity index (χ2n) is 20.1. The molecule has 4 aliphatic heterocycles. The molecule has 2 amide bonds. The number of aliphatic imine (C=N–C) groups is 1. The van der Waals surface area contributed by atoms with Crippen LogP contribution in [0.15, 0.2) is 96.0 Å². The first-order chi connectivity index (χ1) is 37.1. The van der Waals surface area contributed by atoms with Gasteiger partial charge in [0, 0.05) is 86.1 Å². The maximum absolute atomic E-state index is 14.3. The van der Waals surface area contributed by atoms with E-state index in [-0.39, 0.29) is 42.9 Å². The molecule has 0 saturated heterocycles. The summed E-state index contributed by atoms with van der Waals surface area (Å²) in [6.45, 7) is 8.70. The number of ether oxygens (including phenoxy) is 6. The van der Waals surface area contributed by atoms with E-state index < -0.39 is 0 Å². The van der Waals surface area contributed by atoms with Crippen molar-refractivity contribution >= 4 is 52.8 Å². The van der Waals surface area contributed by atoms with Gasteiger partial charge in [0.2, 0.25) is 5.91 Å². The molecule has 400 valence electrons. The van der Waals surface area contributed by atoms with Gasteiger partial charge < -0.3 is 47.7 Å². The number of methoxy groups -OCH3 is 2. The summed E-state index contributed by atoms with van der Waals surface area (Å²) in [5.74, 6) is 1.91. The zero-order valence-electron chi connectivity index (χ0n) is 44.9. The van der Waals surface area contributed by atoms with E-state index in [9.17, 15) is 14.4 Å². The van der Waals surface area contributed by atoms with Gasteiger partial charge in [0.05, 0.1) is 45.8 Å². The SMILES string of the molecule is CC=NCCCCCC(=O)CCCN(CCOCCOCCOC)c1cc(COc2cc3c(cc2C)C(=O)N2c4ccccc4C[C@H]2[C-]=[N+]3C)cc(COc2cc3c(cc2OC)C(=O)N2c4ccccc4C[C@H]2CC3)c1. The second kappa shape index (κ2) is 25.8. The Morgan fingerprint density at radius 3 is 2.16 bits per heavy atom. The van der Waals surface area contributed by atoms with Crippen LogP contribution in [0.5, 0.6) is 17.2 Å². The third-order valence-corrected chi connectivity index (χ3v) is 14.9. The molecule has 0 aliphatic carbocycles. The number of unbranched alkanes of at least 4 members (excludes halogenated alkanes) is 2. The van der Waals surface area contributed by atoms with Gasteiger partial charge in [0.1, 0.15) is 31.8 Å². The predicted octanol–water partition coefficient (Wildman–Crippen LogP) is 9.97. The molecule has 14 heteroatoms. The number of carbonyl (C=O) groups is 3. The van der Waals surface area contributed by atoms with Gasteiger partial charge in [-0.3, -0.25) is 19.4 Å². The zero-order valence-corrected chi connectivity index (χ0v) is 44.9. The topological polar surface area (TPSA) is 132 Å². The Bertz CT molecular complexity index is 2930. The van der Waals surface area contributed by atoms with Crippen molar-refractivity contribution in [1.82, 2.24) is 0 Å². The Morgan fingerprint density at radius 1 is 0.724 bits per heavy atom. The summed E-state index contributed by atoms with van der Waals surface area (Å²) < 4.78 is 38.2. The first-order valence-electron chi connectivity index (χ1n) is 27.1. The smallest absolute Gasteiger partial charge is 0.258 e. The van der Waals surface area contributed by atoms with E-state index in [1.54, 1.807) is 14.2 Å². The van der Waals surface area contributed by atoms with Crippen LogP contribution >= 0.6 is 0 Å². The number of nitrogens with zero attached hydrogens (tertiary/aromatic N) is 5. The average Bonchev–Trinajstić information content (AvgIpc) is 3.93. The van der Waals surface area contributed by atoms with E-state index in [4.69, 9.17) is 28.4 Å². The third kappa shape index (κ3) is 12.7. The van der Waals surface area contributed by atoms with Gasteiger partial charge in [0.25, 0.3) is 5.91 Å². The highest BCUT2D eigenvalue weighted by Crippen LogP contribution is 2.42. The predicted molar refractivity (Wildman–Crippen MR) is 297 cm³/mol. The van der Waals surface area contributed by atoms with E-state index in [0.29, 0.717) is 100 Å². The lowest BCUT2D eigenvalue weighted by molar-refractivity contribution is -0.401. The number of para-hydroxylation sites is 2. The summed E-state index contributed by atoms with van der Waals surface area (Å²) in [6, 6.07) is 30.2. The van der Waals surface area contributed by atoms with E-state index in [1.165, 1.54) is 5.56 Å². The molecule has 0 unspecified atom stereocenters. The number of rotatable bonds is 27. The van der Waals surface area contributed by atoms with Crippen molar-refractivity contribution in [2.75, 3.05) is 88.6 Å². The van der Waals surface area contributed by atoms with Crippen molar-refractivity contribution in [1.29, 1.82) is 0 Å². The summed E-state index contributed by atoms with van der Waals surface area (Å²) in [5.41, 5.74) is 10.7. The van der Waals surface area contributed by atoms with Gasteiger partial charge in [-0.15, -0.1) is 0 Å². The first-order valence-corrected chi connectivity index (χ1v) is 27.1. The molecule has 2 atom stereocenters. The summed E-state index contributed by atoms with van der Waals surface area (Å²) in [4.78, 5) is 52.2. The monoisotopic (exact) mass is 1030 g/mol. The van der Waals surface area contributed by atoms with Crippen molar-refractivity contribution < 1.29 is 47.4 Å². The van der Waals surface area contributed by atoms with Gasteiger partial charge in [0.15, 0.2) is 11.5 Å². The van der Waals surface area contributed by atoms with Crippen molar-refractivity contribution in [2.45, 2.75) is 103 Å². The highest BCUT2D eigenvalue weighted by atomic mass is 16.5. The number of fused-ring (bicyclic) bond motifs is 8. The number of carbonyl (C=O) groups excluding carboxylic acids is 3. The van der Waals surface area contributed by atoms with Crippen LogP contribution in [0.3, 0.4) is 0 Å². The lowest BCUT2D eigenvalue weighted by atomic mass is 9.99. The fourth-order valence-corrected chi connectivity index (χ4v) is 11.0. The largest absolute Gasteiger partial charge is 0.493 e. The van der Waals surface area contributed by atoms with Gasteiger partial charge in [-0.1, -0.05) is 48.9 Å². The number of anilines is 3. The maximum atomic E-state index is 14.3. The summed E-state index contributed by atoms with van der Waals surface area (Å²) in [6.07, 6.45) is 13.1. The molecule has 0 fully saturated rings. The Balaban J connectivity index is 0.974. The minimum Gasteiger partial charge on any atom is -0.493 e. The fraction of sp³-hybridized carbons (Fsp3) is 0.435. The van der Waals surface area contributed by atoms with Crippen LogP contribution in [0, 0.1) is 6.92 Å². The Hall–Kier alpha value is -6.87. The van der Waals surface area contributed by atoms with Crippen molar-refractivity contribution in [3.63, 3.8) is 0 Å². The van der Waals surface area contributed by atoms with E-state index in [0.717, 1.165) is 95.6 Å². The summed E-state index contributed by atoms with van der Waals surface area (Å²) in [5, 5.41) is 0. The minimum absolute atomic E-state index is 0.0167. The standard InChI is InChI=1S/C62H73N5O9/c1-6-63-23-13-7-8-17-52(68)18-14-24-65(25-26-73-29-30-74-28-27-71-4)50-33-44(41-75-58-39-57-54(31-43(58)2)62(70)67-51(40-64(57)3)36-48-16-10-12-20-56(48)67)32-45(34-50)42-76-60-37-46-21-22-49-35-47-15-9-11-19-55(47)66(49)61(69)53(46)38-59(60)72-5/h6,9-12,15-16,19-20,31-34,37-39,49,51H,7-8,13-14,17-18,21-30,35-36,41-42H2,1-5H3/t49-,51+/m1/s1. The normalized spacial score (nSPS) is 16.3. The number of hydrogen-bond acceptors (Lipinski definition) is 11. The molecule has 0 aromatic heterocycles. The highest BCUT2D eigenvalue weighted by molar-refractivity contribution is 6.13. The van der Waals surface area contributed by atoms with Crippen LogP contribution in [0.25, 0.3) is 0 Å². The molecule has 0 saturated carbocycles. The number of hydrogen-bond donors (Lipinski definition) is 0. The molecule has 0 bridgehead atoms. The molecule has 76 heavy (non-hydrogen) atoms. The van der Waals surface area contributed by atoms with Crippen LogP contribution in [0.2, 0.25) is 0 Å². The van der Waals surface area contributed by atoms with Crippen LogP contribution in [0.4, 0.5) is 22.7 Å². The molecular weight excluding hydrogens is 959 g/mol. The van der Waals surface area contributed by atoms with Gasteiger partial charge >= 0.3 is 0 Å². The van der Waals surface area contributed by atoms with Gasteiger partial charge in [-0.05, 0) is 147 Å². The Morgan fingerprint density at radius 2 is 1.41 bits per heavy atom. The first kappa shape index (κ1) is 53.9. The lowest BCUT2D eigenvalue weighted by Gasteiger charge is -2.26. The zero-order chi connectivity index (χ0) is 53.0. The molecule has 4 aliphatic rings. The minimum atomic E-state index is -0.212. The maximum Gasteiger partial charge on any atom is 0.258 e. The lowest BCUT2D eigenvalue weighted by Crippen LogP contribution is -2.38. The Labute approximate surface area is 448 Å². The molecule has 4 heterocycles. The molecule has 5 aromatic carbocycles. The number of benzene rings is 5. The Kier molecular flexibility index (Phi) is 18.3. The van der Waals surface area contributed by atoms with Crippen LogP contribution < -0.4 is 28.9 Å². The summed E-state index contributed by atoms with van der Waals surface area (Å²) >= 11 is 0. The quantitative estimate of drug-likeness (QED) is 0.0217. The molecular formula is C62H73N5O9. The van der Waals surface area contributed by atoms with E-state index in [2.05, 4.69) is 46.4 Å².